The van der Waals surface area contributed by atoms with Crippen molar-refractivity contribution >= 4 is 11.8 Å². The van der Waals surface area contributed by atoms with Crippen LogP contribution in [-0.4, -0.2) is 13.3 Å². The number of thioether (sulfide) groups is 1. The summed E-state index contributed by atoms with van der Waals surface area (Å²) in [5.74, 6) is 0. The van der Waals surface area contributed by atoms with Gasteiger partial charge in [-0.15, -0.1) is 11.8 Å². The van der Waals surface area contributed by atoms with Crippen LogP contribution >= 0.6 is 11.8 Å². The van der Waals surface area contributed by atoms with Gasteiger partial charge in [0.1, 0.15) is 0 Å². The Morgan fingerprint density at radius 2 is 1.57 bits per heavy atom. The summed E-state index contributed by atoms with van der Waals surface area (Å²) in [6, 6.07) is 16.2. The fourth-order valence-electron chi connectivity index (χ4n) is 3.26. The van der Waals surface area contributed by atoms with E-state index in [0.717, 1.165) is 0 Å². The molecule has 3 rings (SSSR count). The van der Waals surface area contributed by atoms with Crippen LogP contribution in [0.4, 0.5) is 0 Å². The Bertz CT molecular complexity index is 603. The highest BCUT2D eigenvalue weighted by molar-refractivity contribution is 7.98. The summed E-state index contributed by atoms with van der Waals surface area (Å²) in [5, 5.41) is 3.47. The average molecular weight is 297 g/mol. The zero-order chi connectivity index (χ0) is 14.7. The molecular formula is C19H23NS. The minimum atomic E-state index is 0.285. The molecule has 0 aliphatic heterocycles. The molecule has 21 heavy (non-hydrogen) atoms. The molecule has 1 unspecified atom stereocenters. The van der Waals surface area contributed by atoms with Gasteiger partial charge in [-0.1, -0.05) is 30.3 Å². The fourth-order valence-corrected chi connectivity index (χ4v) is 3.66. The van der Waals surface area contributed by atoms with Crippen molar-refractivity contribution in [2.75, 3.05) is 13.3 Å². The van der Waals surface area contributed by atoms with Gasteiger partial charge in [0.2, 0.25) is 0 Å². The second kappa shape index (κ2) is 6.67. The van der Waals surface area contributed by atoms with Crippen molar-refractivity contribution in [1.29, 1.82) is 0 Å². The summed E-state index contributed by atoms with van der Waals surface area (Å²) in [6.45, 7) is 0. The van der Waals surface area contributed by atoms with Crippen LogP contribution in [0.5, 0.6) is 0 Å². The van der Waals surface area contributed by atoms with Gasteiger partial charge in [-0.3, -0.25) is 0 Å². The van der Waals surface area contributed by atoms with Crippen molar-refractivity contribution in [3.63, 3.8) is 0 Å². The summed E-state index contributed by atoms with van der Waals surface area (Å²) in [6.07, 6.45) is 7.29. The average Bonchev–Trinajstić information content (AvgIpc) is 2.56. The monoisotopic (exact) mass is 297 g/mol. The Balaban J connectivity index is 1.91. The molecule has 0 bridgehead atoms. The van der Waals surface area contributed by atoms with Crippen LogP contribution in [0.3, 0.4) is 0 Å². The Hall–Kier alpha value is -1.25. The lowest BCUT2D eigenvalue weighted by atomic mass is 9.88. The van der Waals surface area contributed by atoms with Crippen LogP contribution < -0.4 is 5.32 Å². The summed E-state index contributed by atoms with van der Waals surface area (Å²) in [4.78, 5) is 1.32. The Morgan fingerprint density at radius 1 is 0.905 bits per heavy atom. The van der Waals surface area contributed by atoms with Crippen molar-refractivity contribution in [1.82, 2.24) is 5.32 Å². The van der Waals surface area contributed by atoms with E-state index in [4.69, 9.17) is 0 Å². The van der Waals surface area contributed by atoms with Gasteiger partial charge < -0.3 is 5.32 Å². The number of rotatable bonds is 4. The van der Waals surface area contributed by atoms with E-state index in [0.29, 0.717) is 0 Å². The molecule has 0 aromatic heterocycles. The van der Waals surface area contributed by atoms with Crippen molar-refractivity contribution in [2.45, 2.75) is 36.6 Å². The van der Waals surface area contributed by atoms with Crippen LogP contribution in [0.2, 0.25) is 0 Å². The van der Waals surface area contributed by atoms with E-state index in [9.17, 15) is 0 Å². The van der Waals surface area contributed by atoms with Crippen molar-refractivity contribution < 1.29 is 0 Å². The minimum absolute atomic E-state index is 0.285. The summed E-state index contributed by atoms with van der Waals surface area (Å²) >= 11 is 1.79. The first-order chi connectivity index (χ1) is 10.3. The van der Waals surface area contributed by atoms with E-state index in [1.807, 2.05) is 7.05 Å². The zero-order valence-corrected chi connectivity index (χ0v) is 13.7. The number of fused-ring (bicyclic) bond motifs is 1. The van der Waals surface area contributed by atoms with E-state index in [2.05, 4.69) is 54.0 Å². The van der Waals surface area contributed by atoms with Gasteiger partial charge >= 0.3 is 0 Å². The number of benzene rings is 2. The molecule has 0 heterocycles. The van der Waals surface area contributed by atoms with Gasteiger partial charge in [0.25, 0.3) is 0 Å². The van der Waals surface area contributed by atoms with E-state index < -0.39 is 0 Å². The third kappa shape index (κ3) is 3.17. The fraction of sp³-hybridized carbons (Fsp3) is 0.368. The predicted molar refractivity (Wildman–Crippen MR) is 92.2 cm³/mol. The first-order valence-electron chi connectivity index (χ1n) is 7.74. The van der Waals surface area contributed by atoms with Crippen molar-refractivity contribution in [3.05, 3.63) is 64.7 Å². The molecule has 1 atom stereocenters. The molecule has 1 N–H and O–H groups in total. The van der Waals surface area contributed by atoms with Crippen LogP contribution in [0, 0.1) is 0 Å². The Kier molecular flexibility index (Phi) is 4.67. The summed E-state index contributed by atoms with van der Waals surface area (Å²) in [7, 11) is 2.05. The van der Waals surface area contributed by atoms with Crippen LogP contribution in [0.15, 0.2) is 47.4 Å². The van der Waals surface area contributed by atoms with Gasteiger partial charge in [0.05, 0.1) is 6.04 Å². The van der Waals surface area contributed by atoms with Gasteiger partial charge in [0, 0.05) is 4.90 Å². The first-order valence-corrected chi connectivity index (χ1v) is 8.97. The molecule has 0 saturated heterocycles. The number of aryl methyl sites for hydroxylation is 2. The SMILES string of the molecule is CNC(c1ccc(SC)cc1)c1ccc2c(c1)CCCC2. The third-order valence-corrected chi connectivity index (χ3v) is 5.19. The van der Waals surface area contributed by atoms with E-state index in [1.54, 1.807) is 22.9 Å². The van der Waals surface area contributed by atoms with E-state index in [1.165, 1.54) is 41.7 Å². The smallest absolute Gasteiger partial charge is 0.0574 e. The maximum atomic E-state index is 3.47. The molecule has 0 spiro atoms. The normalized spacial score (nSPS) is 15.5. The van der Waals surface area contributed by atoms with E-state index >= 15 is 0 Å². The molecule has 1 aliphatic rings. The molecule has 1 nitrogen and oxygen atoms in total. The molecule has 0 fully saturated rings. The second-order valence-electron chi connectivity index (χ2n) is 5.73. The molecule has 2 aromatic carbocycles. The van der Waals surface area contributed by atoms with Gasteiger partial charge in [-0.2, -0.15) is 0 Å². The van der Waals surface area contributed by atoms with E-state index in [-0.39, 0.29) is 6.04 Å². The van der Waals surface area contributed by atoms with Gasteiger partial charge in [-0.25, -0.2) is 0 Å². The number of nitrogens with one attached hydrogen (secondary N) is 1. The highest BCUT2D eigenvalue weighted by Crippen LogP contribution is 2.28. The Labute approximate surface area is 132 Å². The topological polar surface area (TPSA) is 12.0 Å². The standard InChI is InChI=1S/C19H23NS/c1-20-19(15-9-11-18(21-2)12-10-15)17-8-7-14-5-3-4-6-16(14)13-17/h7-13,19-20H,3-6H2,1-2H3. The second-order valence-corrected chi connectivity index (χ2v) is 6.61. The largest absolute Gasteiger partial charge is 0.309 e. The molecule has 2 heteroatoms. The molecule has 2 aromatic rings. The van der Waals surface area contributed by atoms with Crippen LogP contribution in [0.25, 0.3) is 0 Å². The lowest BCUT2D eigenvalue weighted by molar-refractivity contribution is 0.667. The molecule has 110 valence electrons. The molecule has 0 amide bonds. The maximum Gasteiger partial charge on any atom is 0.0574 e. The third-order valence-electron chi connectivity index (χ3n) is 4.44. The minimum Gasteiger partial charge on any atom is -0.309 e. The summed E-state index contributed by atoms with van der Waals surface area (Å²) < 4.78 is 0. The predicted octanol–water partition coefficient (Wildman–Crippen LogP) is 4.60. The lowest BCUT2D eigenvalue weighted by Gasteiger charge is -2.22. The number of hydrogen-bond acceptors (Lipinski definition) is 2. The summed E-state index contributed by atoms with van der Waals surface area (Å²) in [5.41, 5.74) is 5.83. The molecule has 0 saturated carbocycles. The van der Waals surface area contributed by atoms with Crippen LogP contribution in [0.1, 0.15) is 41.1 Å². The highest BCUT2D eigenvalue weighted by atomic mass is 32.2. The molecule has 0 radical (unpaired) electrons. The lowest BCUT2D eigenvalue weighted by Crippen LogP contribution is -2.18. The van der Waals surface area contributed by atoms with Crippen molar-refractivity contribution in [2.24, 2.45) is 0 Å². The highest BCUT2D eigenvalue weighted by Gasteiger charge is 2.15. The molecular weight excluding hydrogens is 274 g/mol. The molecule has 1 aliphatic carbocycles. The zero-order valence-electron chi connectivity index (χ0n) is 12.9. The number of hydrogen-bond donors (Lipinski definition) is 1. The Morgan fingerprint density at radius 3 is 2.24 bits per heavy atom. The van der Waals surface area contributed by atoms with Crippen molar-refractivity contribution in [3.8, 4) is 0 Å². The van der Waals surface area contributed by atoms with Gasteiger partial charge in [0.15, 0.2) is 0 Å². The first kappa shape index (κ1) is 14.7. The van der Waals surface area contributed by atoms with Crippen LogP contribution in [-0.2, 0) is 12.8 Å². The quantitative estimate of drug-likeness (QED) is 0.828. The maximum absolute atomic E-state index is 3.47. The van der Waals surface area contributed by atoms with Gasteiger partial charge in [-0.05, 0) is 73.4 Å².